The molecule has 118 valence electrons. The summed E-state index contributed by atoms with van der Waals surface area (Å²) in [5.74, 6) is -2.03. The molecule has 1 aromatic heterocycles. The fourth-order valence-electron chi connectivity index (χ4n) is 2.69. The highest BCUT2D eigenvalue weighted by molar-refractivity contribution is 7.07. The third-order valence-corrected chi connectivity index (χ3v) is 4.69. The van der Waals surface area contributed by atoms with E-state index in [0.29, 0.717) is 25.0 Å². The second-order valence-electron chi connectivity index (χ2n) is 5.34. The lowest BCUT2D eigenvalue weighted by molar-refractivity contribution is -0.189. The van der Waals surface area contributed by atoms with Crippen LogP contribution in [0.1, 0.15) is 31.4 Å². The van der Waals surface area contributed by atoms with Gasteiger partial charge in [-0.25, -0.2) is 0 Å². The number of thiazole rings is 1. The van der Waals surface area contributed by atoms with Crippen molar-refractivity contribution in [2.24, 2.45) is 5.92 Å². The van der Waals surface area contributed by atoms with Crippen molar-refractivity contribution >= 4 is 17.2 Å². The van der Waals surface area contributed by atoms with Gasteiger partial charge in [0.15, 0.2) is 0 Å². The average Bonchev–Trinajstić information content (AvgIpc) is 2.70. The lowest BCUT2D eigenvalue weighted by Gasteiger charge is -2.33. The largest absolute Gasteiger partial charge is 0.393 e. The normalized spacial score (nSPS) is 23.0. The second kappa shape index (κ2) is 6.21. The summed E-state index contributed by atoms with van der Waals surface area (Å²) in [6, 6.07) is -0.888. The Bertz CT molecular complexity index is 564. The molecule has 1 amide bonds. The van der Waals surface area contributed by atoms with Gasteiger partial charge in [-0.3, -0.25) is 14.2 Å². The van der Waals surface area contributed by atoms with Crippen molar-refractivity contribution in [2.45, 2.75) is 51.4 Å². The molecule has 1 heterocycles. The summed E-state index contributed by atoms with van der Waals surface area (Å²) in [7, 11) is 0. The van der Waals surface area contributed by atoms with Crippen LogP contribution in [-0.4, -0.2) is 22.7 Å². The molecular formula is C13H17F3N2O2S. The predicted molar refractivity (Wildman–Crippen MR) is 73.3 cm³/mol. The number of carbonyl (C=O) groups excluding carboxylic acids is 1. The first-order chi connectivity index (χ1) is 9.79. The Labute approximate surface area is 124 Å². The van der Waals surface area contributed by atoms with Crippen molar-refractivity contribution in [1.82, 2.24) is 9.88 Å². The number of carbonyl (C=O) groups is 1. The highest BCUT2D eigenvalue weighted by atomic mass is 32.1. The van der Waals surface area contributed by atoms with Crippen LogP contribution < -0.4 is 10.2 Å². The van der Waals surface area contributed by atoms with Crippen LogP contribution in [0, 0.1) is 12.8 Å². The molecule has 0 aromatic carbocycles. The Hall–Kier alpha value is -1.31. The minimum Gasteiger partial charge on any atom is -0.351 e. The summed E-state index contributed by atoms with van der Waals surface area (Å²) in [5.41, 5.74) is 0.635. The molecule has 2 atom stereocenters. The number of alkyl halides is 3. The molecule has 4 nitrogen and oxygen atoms in total. The number of aryl methyl sites for hydroxylation is 1. The SMILES string of the molecule is Cc1csc(=O)n1CC(=O)N[C@H]1CCCC[C@H]1C(F)(F)F. The molecule has 0 spiro atoms. The van der Waals surface area contributed by atoms with Gasteiger partial charge in [0.25, 0.3) is 0 Å². The van der Waals surface area contributed by atoms with Crippen LogP contribution in [0.5, 0.6) is 0 Å². The van der Waals surface area contributed by atoms with Gasteiger partial charge in [0.05, 0.1) is 5.92 Å². The fraction of sp³-hybridized carbons (Fsp3) is 0.692. The van der Waals surface area contributed by atoms with E-state index in [4.69, 9.17) is 0 Å². The molecule has 1 aliphatic rings. The van der Waals surface area contributed by atoms with E-state index in [1.165, 1.54) is 4.57 Å². The Morgan fingerprint density at radius 3 is 2.67 bits per heavy atom. The fourth-order valence-corrected chi connectivity index (χ4v) is 3.42. The van der Waals surface area contributed by atoms with Crippen molar-refractivity contribution in [3.8, 4) is 0 Å². The molecule has 8 heteroatoms. The van der Waals surface area contributed by atoms with Crippen LogP contribution in [0.25, 0.3) is 0 Å². The molecule has 1 aliphatic carbocycles. The third-order valence-electron chi connectivity index (χ3n) is 3.81. The van der Waals surface area contributed by atoms with E-state index in [0.717, 1.165) is 11.3 Å². The number of aromatic nitrogens is 1. The zero-order valence-corrected chi connectivity index (χ0v) is 12.4. The van der Waals surface area contributed by atoms with Gasteiger partial charge in [0.2, 0.25) is 5.91 Å². The summed E-state index contributed by atoms with van der Waals surface area (Å²) in [5, 5.41) is 4.07. The lowest BCUT2D eigenvalue weighted by Crippen LogP contribution is -2.48. The van der Waals surface area contributed by atoms with Crippen molar-refractivity contribution in [3.05, 3.63) is 20.7 Å². The molecular weight excluding hydrogens is 305 g/mol. The van der Waals surface area contributed by atoms with E-state index < -0.39 is 24.0 Å². The van der Waals surface area contributed by atoms with E-state index in [1.54, 1.807) is 12.3 Å². The maximum atomic E-state index is 12.9. The minimum atomic E-state index is -4.30. The molecule has 2 rings (SSSR count). The highest BCUT2D eigenvalue weighted by Gasteiger charge is 2.45. The molecule has 1 saturated carbocycles. The predicted octanol–water partition coefficient (Wildman–Crippen LogP) is 2.46. The molecule has 0 saturated heterocycles. The number of hydrogen-bond donors (Lipinski definition) is 1. The zero-order valence-electron chi connectivity index (χ0n) is 11.6. The van der Waals surface area contributed by atoms with Gasteiger partial charge in [-0.15, -0.1) is 0 Å². The van der Waals surface area contributed by atoms with Crippen LogP contribution in [0.2, 0.25) is 0 Å². The van der Waals surface area contributed by atoms with Crippen molar-refractivity contribution in [3.63, 3.8) is 0 Å². The number of halogens is 3. The highest BCUT2D eigenvalue weighted by Crippen LogP contribution is 2.37. The number of hydrogen-bond acceptors (Lipinski definition) is 3. The van der Waals surface area contributed by atoms with Gasteiger partial charge in [-0.05, 0) is 19.8 Å². The molecule has 0 unspecified atom stereocenters. The second-order valence-corrected chi connectivity index (χ2v) is 6.16. The summed E-state index contributed by atoms with van der Waals surface area (Å²) >= 11 is 0.971. The molecule has 0 radical (unpaired) electrons. The monoisotopic (exact) mass is 322 g/mol. The van der Waals surface area contributed by atoms with Gasteiger partial charge < -0.3 is 5.32 Å². The first kappa shape index (κ1) is 16.1. The van der Waals surface area contributed by atoms with E-state index >= 15 is 0 Å². The first-order valence-electron chi connectivity index (χ1n) is 6.80. The van der Waals surface area contributed by atoms with E-state index in [-0.39, 0.29) is 17.8 Å². The molecule has 0 bridgehead atoms. The van der Waals surface area contributed by atoms with Crippen molar-refractivity contribution in [2.75, 3.05) is 0 Å². The summed E-state index contributed by atoms with van der Waals surface area (Å²) in [6.07, 6.45) is -2.72. The van der Waals surface area contributed by atoms with Gasteiger partial charge in [-0.1, -0.05) is 24.2 Å². The van der Waals surface area contributed by atoms with Crippen molar-refractivity contribution < 1.29 is 18.0 Å². The Kier molecular flexibility index (Phi) is 4.75. The quantitative estimate of drug-likeness (QED) is 0.929. The molecule has 0 aliphatic heterocycles. The molecule has 1 aromatic rings. The Morgan fingerprint density at radius 2 is 2.10 bits per heavy atom. The zero-order chi connectivity index (χ0) is 15.6. The summed E-state index contributed by atoms with van der Waals surface area (Å²) in [4.78, 5) is 23.2. The standard InChI is InChI=1S/C13H17F3N2O2S/c1-8-7-21-12(20)18(8)6-11(19)17-10-5-3-2-4-9(10)13(14,15)16/h7,9-10H,2-6H2,1H3,(H,17,19)/t9-,10+/m1/s1. The average molecular weight is 322 g/mol. The number of nitrogens with zero attached hydrogens (tertiary/aromatic N) is 1. The van der Waals surface area contributed by atoms with E-state index in [2.05, 4.69) is 5.32 Å². The minimum absolute atomic E-state index is 0.0475. The number of amides is 1. The number of rotatable bonds is 3. The Morgan fingerprint density at radius 1 is 1.43 bits per heavy atom. The smallest absolute Gasteiger partial charge is 0.351 e. The van der Waals surface area contributed by atoms with Gasteiger partial charge in [-0.2, -0.15) is 13.2 Å². The van der Waals surface area contributed by atoms with Gasteiger partial charge in [0.1, 0.15) is 6.54 Å². The van der Waals surface area contributed by atoms with Gasteiger partial charge in [0, 0.05) is 17.1 Å². The maximum absolute atomic E-state index is 12.9. The van der Waals surface area contributed by atoms with Crippen LogP contribution in [0.4, 0.5) is 13.2 Å². The van der Waals surface area contributed by atoms with Crippen LogP contribution in [0.15, 0.2) is 10.2 Å². The van der Waals surface area contributed by atoms with Crippen molar-refractivity contribution in [1.29, 1.82) is 0 Å². The topological polar surface area (TPSA) is 51.1 Å². The first-order valence-corrected chi connectivity index (χ1v) is 7.68. The van der Waals surface area contributed by atoms with Crippen LogP contribution in [0.3, 0.4) is 0 Å². The molecule has 1 fully saturated rings. The Balaban J connectivity index is 2.02. The van der Waals surface area contributed by atoms with E-state index in [9.17, 15) is 22.8 Å². The van der Waals surface area contributed by atoms with Crippen LogP contribution in [-0.2, 0) is 11.3 Å². The van der Waals surface area contributed by atoms with Crippen LogP contribution >= 0.6 is 11.3 Å². The maximum Gasteiger partial charge on any atom is 0.393 e. The third kappa shape index (κ3) is 3.87. The molecule has 21 heavy (non-hydrogen) atoms. The number of nitrogens with one attached hydrogen (secondary N) is 1. The lowest BCUT2D eigenvalue weighted by atomic mass is 9.84. The summed E-state index contributed by atoms with van der Waals surface area (Å²) in [6.45, 7) is 1.46. The van der Waals surface area contributed by atoms with E-state index in [1.807, 2.05) is 0 Å². The van der Waals surface area contributed by atoms with Gasteiger partial charge >= 0.3 is 11.0 Å². The summed E-state index contributed by atoms with van der Waals surface area (Å²) < 4.78 is 40.1. The molecule has 1 N–H and O–H groups in total.